The molecule has 0 spiro atoms. The summed E-state index contributed by atoms with van der Waals surface area (Å²) in [7, 11) is -4.00. The molecule has 2 aliphatic rings. The van der Waals surface area contributed by atoms with Crippen molar-refractivity contribution in [2.45, 2.75) is 11.1 Å². The van der Waals surface area contributed by atoms with Crippen LogP contribution >= 0.6 is 0 Å². The monoisotopic (exact) mass is 615 g/mol. The van der Waals surface area contributed by atoms with E-state index in [1.807, 2.05) is 0 Å². The number of halogens is 3. The third-order valence-corrected chi connectivity index (χ3v) is 8.87. The van der Waals surface area contributed by atoms with E-state index in [9.17, 15) is 40.8 Å². The molecule has 5 rings (SSSR count). The van der Waals surface area contributed by atoms with Crippen LogP contribution in [0, 0.1) is 0 Å². The summed E-state index contributed by atoms with van der Waals surface area (Å²) in [5.41, 5.74) is 2.25. The van der Waals surface area contributed by atoms with Crippen LogP contribution < -0.4 is 10.7 Å². The fourth-order valence-corrected chi connectivity index (χ4v) is 6.08. The molecule has 4 amide bonds. The first-order valence-electron chi connectivity index (χ1n) is 12.9. The highest BCUT2D eigenvalue weighted by Gasteiger charge is 2.37. The van der Waals surface area contributed by atoms with Gasteiger partial charge in [0.1, 0.15) is 0 Å². The summed E-state index contributed by atoms with van der Waals surface area (Å²) in [5.74, 6) is -2.37. The summed E-state index contributed by atoms with van der Waals surface area (Å²) in [6.07, 6.45) is -4.57. The number of hydrogen-bond donors (Lipinski definition) is 2. The summed E-state index contributed by atoms with van der Waals surface area (Å²) < 4.78 is 65.3. The van der Waals surface area contributed by atoms with Crippen LogP contribution in [0.4, 0.5) is 18.9 Å². The molecule has 0 aromatic heterocycles. The van der Waals surface area contributed by atoms with Crippen LogP contribution in [0.25, 0.3) is 0 Å². The van der Waals surface area contributed by atoms with Gasteiger partial charge in [0, 0.05) is 37.4 Å². The number of amides is 4. The third-order valence-electron chi connectivity index (χ3n) is 6.96. The number of benzene rings is 3. The van der Waals surface area contributed by atoms with Crippen LogP contribution in [0.2, 0.25) is 0 Å². The highest BCUT2D eigenvalue weighted by atomic mass is 32.2. The minimum Gasteiger partial charge on any atom is -0.325 e. The van der Waals surface area contributed by atoms with Crippen molar-refractivity contribution in [1.29, 1.82) is 0 Å². The predicted molar refractivity (Wildman–Crippen MR) is 146 cm³/mol. The molecule has 0 bridgehead atoms. The average Bonchev–Trinajstić information content (AvgIpc) is 3.22. The lowest BCUT2D eigenvalue weighted by molar-refractivity contribution is -0.137. The van der Waals surface area contributed by atoms with Crippen molar-refractivity contribution in [2.75, 3.05) is 38.0 Å². The zero-order valence-corrected chi connectivity index (χ0v) is 23.1. The summed E-state index contributed by atoms with van der Waals surface area (Å²) in [6, 6.07) is 15.3. The van der Waals surface area contributed by atoms with E-state index in [-0.39, 0.29) is 60.2 Å². The number of carbonyl (C=O) groups is 4. The molecule has 224 valence electrons. The normalized spacial score (nSPS) is 16.2. The average molecular weight is 616 g/mol. The number of hydrazine groups is 1. The molecule has 2 N–H and O–H groups in total. The van der Waals surface area contributed by atoms with E-state index in [1.165, 1.54) is 36.4 Å². The molecular formula is C28H24F3N5O6S. The number of piperazine rings is 1. The Balaban J connectivity index is 1.10. The second kappa shape index (κ2) is 11.6. The summed E-state index contributed by atoms with van der Waals surface area (Å²) in [4.78, 5) is 51.6. The van der Waals surface area contributed by atoms with Crippen LogP contribution in [0.3, 0.4) is 0 Å². The zero-order chi connectivity index (χ0) is 30.9. The number of carbonyl (C=O) groups excluding carboxylic acids is 4. The highest BCUT2D eigenvalue weighted by Crippen LogP contribution is 2.30. The zero-order valence-electron chi connectivity index (χ0n) is 22.3. The number of nitrogens with zero attached hydrogens (tertiary/aromatic N) is 3. The maximum Gasteiger partial charge on any atom is 0.416 e. The number of sulfonamides is 1. The third kappa shape index (κ3) is 6.28. The number of imide groups is 1. The minimum atomic E-state index is -4.57. The van der Waals surface area contributed by atoms with Crippen molar-refractivity contribution < 1.29 is 40.8 Å². The quantitative estimate of drug-likeness (QED) is 0.390. The second-order valence-electron chi connectivity index (χ2n) is 9.76. The van der Waals surface area contributed by atoms with E-state index in [0.717, 1.165) is 28.6 Å². The van der Waals surface area contributed by atoms with Crippen molar-refractivity contribution in [3.8, 4) is 0 Å². The van der Waals surface area contributed by atoms with Gasteiger partial charge < -0.3 is 5.32 Å². The molecule has 11 nitrogen and oxygen atoms in total. The van der Waals surface area contributed by atoms with Gasteiger partial charge in [0.15, 0.2) is 0 Å². The summed E-state index contributed by atoms with van der Waals surface area (Å²) >= 11 is 0. The fraction of sp³-hybridized carbons (Fsp3) is 0.214. The highest BCUT2D eigenvalue weighted by molar-refractivity contribution is 7.89. The maximum atomic E-state index is 12.9. The van der Waals surface area contributed by atoms with Crippen LogP contribution in [0.1, 0.15) is 36.6 Å². The Hall–Kier alpha value is -4.60. The first-order chi connectivity index (χ1) is 20.3. The van der Waals surface area contributed by atoms with Gasteiger partial charge in [-0.25, -0.2) is 8.42 Å². The van der Waals surface area contributed by atoms with Gasteiger partial charge >= 0.3 is 6.18 Å². The van der Waals surface area contributed by atoms with Crippen molar-refractivity contribution in [3.63, 3.8) is 0 Å². The van der Waals surface area contributed by atoms with Crippen molar-refractivity contribution in [2.24, 2.45) is 0 Å². The lowest BCUT2D eigenvalue weighted by Gasteiger charge is -2.33. The molecule has 2 heterocycles. The number of fused-ring (bicyclic) bond motifs is 1. The number of rotatable bonds is 7. The molecular weight excluding hydrogens is 591 g/mol. The van der Waals surface area contributed by atoms with E-state index < -0.39 is 39.5 Å². The van der Waals surface area contributed by atoms with Crippen LogP contribution in [0.15, 0.2) is 77.7 Å². The van der Waals surface area contributed by atoms with Crippen molar-refractivity contribution >= 4 is 39.3 Å². The van der Waals surface area contributed by atoms with Gasteiger partial charge in [0.05, 0.1) is 28.1 Å². The van der Waals surface area contributed by atoms with Gasteiger partial charge in [-0.05, 0) is 60.7 Å². The Bertz CT molecular complexity index is 1650. The lowest BCUT2D eigenvalue weighted by Crippen LogP contribution is -2.50. The Morgan fingerprint density at radius 1 is 0.791 bits per heavy atom. The molecule has 2 aliphatic heterocycles. The molecule has 3 aromatic rings. The molecule has 0 unspecified atom stereocenters. The minimum absolute atomic E-state index is 0.0455. The number of alkyl halides is 3. The largest absolute Gasteiger partial charge is 0.416 e. The van der Waals surface area contributed by atoms with Gasteiger partial charge in [0.2, 0.25) is 15.9 Å². The summed E-state index contributed by atoms with van der Waals surface area (Å²) in [6.45, 7) is 0.506. The fourth-order valence-electron chi connectivity index (χ4n) is 4.66. The van der Waals surface area contributed by atoms with Gasteiger partial charge in [-0.1, -0.05) is 12.1 Å². The molecule has 3 aromatic carbocycles. The molecule has 43 heavy (non-hydrogen) atoms. The van der Waals surface area contributed by atoms with E-state index >= 15 is 0 Å². The van der Waals surface area contributed by atoms with Gasteiger partial charge in [0.25, 0.3) is 17.7 Å². The van der Waals surface area contributed by atoms with Gasteiger partial charge in [-0.15, -0.1) is 0 Å². The first kappa shape index (κ1) is 29.9. The van der Waals surface area contributed by atoms with Crippen LogP contribution in [0.5, 0.6) is 0 Å². The maximum absolute atomic E-state index is 12.9. The Labute approximate surface area is 243 Å². The molecule has 0 saturated carbocycles. The molecule has 0 atom stereocenters. The standard InChI is InChI=1S/C28H24F3N5O6S/c29-28(30,31)19-7-11-21(12-8-19)43(41,42)35-15-13-34(14-16-35)17-24(37)32-20-9-5-18(6-10-20)25(38)33-36-26(39)22-3-1-2-4-23(22)27(36)40/h1-12H,13-17H2,(H,32,37)(H,33,38). The van der Waals surface area contributed by atoms with Crippen molar-refractivity contribution in [3.05, 3.63) is 95.1 Å². The van der Waals surface area contributed by atoms with E-state index in [0.29, 0.717) is 10.7 Å². The topological polar surface area (TPSA) is 136 Å². The Morgan fingerprint density at radius 2 is 1.35 bits per heavy atom. The SMILES string of the molecule is O=C(CN1CCN(S(=O)(=O)c2ccc(C(F)(F)F)cc2)CC1)Nc1ccc(C(=O)NN2C(=O)c3ccccc3C2=O)cc1. The van der Waals surface area contributed by atoms with E-state index in [2.05, 4.69) is 10.7 Å². The smallest absolute Gasteiger partial charge is 0.325 e. The number of hydrogen-bond acceptors (Lipinski definition) is 7. The Morgan fingerprint density at radius 3 is 1.88 bits per heavy atom. The summed E-state index contributed by atoms with van der Waals surface area (Å²) in [5, 5.41) is 3.33. The molecule has 1 fully saturated rings. The molecule has 15 heteroatoms. The first-order valence-corrected chi connectivity index (χ1v) is 14.4. The Kier molecular flexibility index (Phi) is 8.05. The van der Waals surface area contributed by atoms with E-state index in [4.69, 9.17) is 0 Å². The van der Waals surface area contributed by atoms with Crippen molar-refractivity contribution in [1.82, 2.24) is 19.6 Å². The van der Waals surface area contributed by atoms with Crippen LogP contribution in [-0.2, 0) is 21.0 Å². The number of anilines is 1. The van der Waals surface area contributed by atoms with Gasteiger partial charge in [-0.3, -0.25) is 29.5 Å². The van der Waals surface area contributed by atoms with Gasteiger partial charge in [-0.2, -0.15) is 22.5 Å². The second-order valence-corrected chi connectivity index (χ2v) is 11.7. The van der Waals surface area contributed by atoms with Crippen LogP contribution in [-0.4, -0.2) is 79.0 Å². The van der Waals surface area contributed by atoms with E-state index in [1.54, 1.807) is 17.0 Å². The number of nitrogens with one attached hydrogen (secondary N) is 2. The molecule has 1 saturated heterocycles. The molecule has 0 aliphatic carbocycles. The predicted octanol–water partition coefficient (Wildman–Crippen LogP) is 2.59. The lowest BCUT2D eigenvalue weighted by atomic mass is 10.1. The molecule has 0 radical (unpaired) electrons.